The summed E-state index contributed by atoms with van der Waals surface area (Å²) < 4.78 is 2.00. The highest BCUT2D eigenvalue weighted by molar-refractivity contribution is 5.07. The van der Waals surface area contributed by atoms with Gasteiger partial charge >= 0.3 is 0 Å². The SMILES string of the molecule is NCc1cncn1Cc1cn[nH]c1. The smallest absolute Gasteiger partial charge is 0.0951 e. The predicted molar refractivity (Wildman–Crippen MR) is 47.8 cm³/mol. The first-order valence-electron chi connectivity index (χ1n) is 4.07. The van der Waals surface area contributed by atoms with E-state index >= 15 is 0 Å². The predicted octanol–water partition coefficient (Wildman–Crippen LogP) is 0.113. The summed E-state index contributed by atoms with van der Waals surface area (Å²) >= 11 is 0. The van der Waals surface area contributed by atoms with Crippen LogP contribution in [0.3, 0.4) is 0 Å². The molecule has 3 N–H and O–H groups in total. The zero-order valence-electron chi connectivity index (χ0n) is 7.14. The molecule has 0 saturated carbocycles. The van der Waals surface area contributed by atoms with Gasteiger partial charge in [0.05, 0.1) is 24.8 Å². The summed E-state index contributed by atoms with van der Waals surface area (Å²) in [5.74, 6) is 0. The molecule has 2 heterocycles. The number of nitrogens with zero attached hydrogens (tertiary/aromatic N) is 3. The van der Waals surface area contributed by atoms with Gasteiger partial charge in [-0.2, -0.15) is 5.10 Å². The van der Waals surface area contributed by atoms with Gasteiger partial charge in [-0.1, -0.05) is 0 Å². The maximum Gasteiger partial charge on any atom is 0.0951 e. The molecule has 13 heavy (non-hydrogen) atoms. The van der Waals surface area contributed by atoms with E-state index in [0.717, 1.165) is 17.8 Å². The summed E-state index contributed by atoms with van der Waals surface area (Å²) in [4.78, 5) is 4.03. The van der Waals surface area contributed by atoms with Crippen molar-refractivity contribution in [1.82, 2.24) is 19.7 Å². The monoisotopic (exact) mass is 177 g/mol. The Morgan fingerprint density at radius 2 is 2.38 bits per heavy atom. The normalized spacial score (nSPS) is 10.5. The van der Waals surface area contributed by atoms with Crippen LogP contribution in [0.4, 0.5) is 0 Å². The summed E-state index contributed by atoms with van der Waals surface area (Å²) in [7, 11) is 0. The van der Waals surface area contributed by atoms with Crippen molar-refractivity contribution in [1.29, 1.82) is 0 Å². The molecular weight excluding hydrogens is 166 g/mol. The average molecular weight is 177 g/mol. The quantitative estimate of drug-likeness (QED) is 0.699. The largest absolute Gasteiger partial charge is 0.329 e. The van der Waals surface area contributed by atoms with Gasteiger partial charge in [0.2, 0.25) is 0 Å². The molecule has 2 aromatic heterocycles. The van der Waals surface area contributed by atoms with E-state index < -0.39 is 0 Å². The molecule has 0 aliphatic heterocycles. The van der Waals surface area contributed by atoms with Gasteiger partial charge in [-0.3, -0.25) is 5.10 Å². The molecule has 2 aromatic rings. The van der Waals surface area contributed by atoms with Crippen molar-refractivity contribution < 1.29 is 0 Å². The van der Waals surface area contributed by atoms with Crippen molar-refractivity contribution in [2.75, 3.05) is 0 Å². The molecule has 2 rings (SSSR count). The van der Waals surface area contributed by atoms with Crippen molar-refractivity contribution in [3.8, 4) is 0 Å². The molecule has 0 amide bonds. The maximum atomic E-state index is 5.54. The fraction of sp³-hybridized carbons (Fsp3) is 0.250. The summed E-state index contributed by atoms with van der Waals surface area (Å²) in [5, 5.41) is 6.63. The number of rotatable bonds is 3. The van der Waals surface area contributed by atoms with Crippen LogP contribution in [0.15, 0.2) is 24.9 Å². The van der Waals surface area contributed by atoms with E-state index in [0.29, 0.717) is 6.54 Å². The number of H-pyrrole nitrogens is 1. The van der Waals surface area contributed by atoms with E-state index in [-0.39, 0.29) is 0 Å². The fourth-order valence-corrected chi connectivity index (χ4v) is 1.22. The van der Waals surface area contributed by atoms with Crippen molar-refractivity contribution in [2.45, 2.75) is 13.1 Å². The second-order valence-corrected chi connectivity index (χ2v) is 2.82. The van der Waals surface area contributed by atoms with Gasteiger partial charge in [0, 0.05) is 24.5 Å². The van der Waals surface area contributed by atoms with Crippen LogP contribution < -0.4 is 5.73 Å². The van der Waals surface area contributed by atoms with E-state index in [1.54, 1.807) is 18.7 Å². The second kappa shape index (κ2) is 3.40. The maximum absolute atomic E-state index is 5.54. The standard InChI is InChI=1S/C8H11N5/c9-1-8-4-10-6-13(8)5-7-2-11-12-3-7/h2-4,6H,1,5,9H2,(H,11,12). The Morgan fingerprint density at radius 1 is 1.46 bits per heavy atom. The van der Waals surface area contributed by atoms with E-state index in [9.17, 15) is 0 Å². The third kappa shape index (κ3) is 1.59. The number of aromatic amines is 1. The Bertz CT molecular complexity index is 362. The van der Waals surface area contributed by atoms with Crippen LogP contribution in [0.1, 0.15) is 11.3 Å². The molecule has 68 valence electrons. The van der Waals surface area contributed by atoms with Crippen molar-refractivity contribution in [3.05, 3.63) is 36.2 Å². The van der Waals surface area contributed by atoms with E-state index in [1.807, 2.05) is 10.8 Å². The lowest BCUT2D eigenvalue weighted by atomic mass is 10.3. The number of nitrogens with one attached hydrogen (secondary N) is 1. The summed E-state index contributed by atoms with van der Waals surface area (Å²) in [6, 6.07) is 0. The first kappa shape index (κ1) is 8.00. The van der Waals surface area contributed by atoms with E-state index in [2.05, 4.69) is 15.2 Å². The molecule has 0 fully saturated rings. The van der Waals surface area contributed by atoms with Crippen molar-refractivity contribution in [2.24, 2.45) is 5.73 Å². The Hall–Kier alpha value is -1.62. The molecule has 0 spiro atoms. The first-order valence-corrected chi connectivity index (χ1v) is 4.07. The molecule has 0 radical (unpaired) electrons. The molecule has 0 aliphatic rings. The lowest BCUT2D eigenvalue weighted by Crippen LogP contribution is -2.06. The van der Waals surface area contributed by atoms with Gasteiger partial charge in [0.25, 0.3) is 0 Å². The second-order valence-electron chi connectivity index (χ2n) is 2.82. The summed E-state index contributed by atoms with van der Waals surface area (Å²) in [6.45, 7) is 1.28. The lowest BCUT2D eigenvalue weighted by molar-refractivity contribution is 0.740. The number of imidazole rings is 1. The average Bonchev–Trinajstić information content (AvgIpc) is 2.76. The third-order valence-corrected chi connectivity index (χ3v) is 1.92. The molecule has 0 atom stereocenters. The van der Waals surface area contributed by atoms with E-state index in [4.69, 9.17) is 5.73 Å². The Balaban J connectivity index is 2.18. The highest BCUT2D eigenvalue weighted by atomic mass is 15.1. The number of nitrogens with two attached hydrogens (primary N) is 1. The number of aromatic nitrogens is 4. The zero-order chi connectivity index (χ0) is 9.10. The minimum atomic E-state index is 0.512. The van der Waals surface area contributed by atoms with Crippen LogP contribution in [0, 0.1) is 0 Å². The molecule has 0 aliphatic carbocycles. The lowest BCUT2D eigenvalue weighted by Gasteiger charge is -2.03. The van der Waals surface area contributed by atoms with Gasteiger partial charge in [0.15, 0.2) is 0 Å². The van der Waals surface area contributed by atoms with Gasteiger partial charge in [-0.15, -0.1) is 0 Å². The van der Waals surface area contributed by atoms with Crippen LogP contribution >= 0.6 is 0 Å². The molecule has 5 nitrogen and oxygen atoms in total. The van der Waals surface area contributed by atoms with Crippen LogP contribution in [0.25, 0.3) is 0 Å². The van der Waals surface area contributed by atoms with Crippen LogP contribution in [-0.4, -0.2) is 19.7 Å². The van der Waals surface area contributed by atoms with Crippen molar-refractivity contribution >= 4 is 0 Å². The van der Waals surface area contributed by atoms with E-state index in [1.165, 1.54) is 0 Å². The molecule has 0 saturated heterocycles. The molecule has 0 aromatic carbocycles. The zero-order valence-corrected chi connectivity index (χ0v) is 7.14. The highest BCUT2D eigenvalue weighted by Gasteiger charge is 2.00. The fourth-order valence-electron chi connectivity index (χ4n) is 1.22. The minimum absolute atomic E-state index is 0.512. The highest BCUT2D eigenvalue weighted by Crippen LogP contribution is 2.03. The topological polar surface area (TPSA) is 72.5 Å². The van der Waals surface area contributed by atoms with Crippen LogP contribution in [0.5, 0.6) is 0 Å². The molecular formula is C8H11N5. The van der Waals surface area contributed by atoms with Gasteiger partial charge < -0.3 is 10.3 Å². The Labute approximate surface area is 75.6 Å². The molecule has 0 bridgehead atoms. The van der Waals surface area contributed by atoms with Crippen molar-refractivity contribution in [3.63, 3.8) is 0 Å². The minimum Gasteiger partial charge on any atom is -0.329 e. The van der Waals surface area contributed by atoms with Gasteiger partial charge in [-0.05, 0) is 0 Å². The molecule has 0 unspecified atom stereocenters. The Morgan fingerprint density at radius 3 is 3.08 bits per heavy atom. The first-order chi connectivity index (χ1) is 6.40. The third-order valence-electron chi connectivity index (χ3n) is 1.92. The summed E-state index contributed by atoms with van der Waals surface area (Å²) in [5.41, 5.74) is 7.69. The molecule has 5 heteroatoms. The van der Waals surface area contributed by atoms with Gasteiger partial charge in [-0.25, -0.2) is 4.98 Å². The van der Waals surface area contributed by atoms with Crippen LogP contribution in [0.2, 0.25) is 0 Å². The number of hydrogen-bond acceptors (Lipinski definition) is 3. The summed E-state index contributed by atoms with van der Waals surface area (Å²) in [6.07, 6.45) is 7.20. The van der Waals surface area contributed by atoms with Gasteiger partial charge in [0.1, 0.15) is 0 Å². The Kier molecular flexibility index (Phi) is 2.09. The number of hydrogen-bond donors (Lipinski definition) is 2. The van der Waals surface area contributed by atoms with Crippen LogP contribution in [-0.2, 0) is 13.1 Å².